The van der Waals surface area contributed by atoms with Crippen LogP contribution in [-0.2, 0) is 62.1 Å². The summed E-state index contributed by atoms with van der Waals surface area (Å²) in [5, 5.41) is 43.0. The highest BCUT2D eigenvalue weighted by atomic mass is 16.5. The number of carboxylic acids is 3. The van der Waals surface area contributed by atoms with Crippen LogP contribution in [0, 0.1) is 0 Å². The molecule has 0 spiro atoms. The van der Waals surface area contributed by atoms with Crippen molar-refractivity contribution in [3.05, 3.63) is 0 Å². The highest BCUT2D eigenvalue weighted by molar-refractivity contribution is 5.86. The van der Waals surface area contributed by atoms with Crippen molar-refractivity contribution in [2.75, 3.05) is 79.0 Å². The number of unbranched alkanes of at least 4 members (excludes halogenated alkanes) is 14. The third-order valence-electron chi connectivity index (χ3n) is 10.7. The second kappa shape index (κ2) is 46.5. The number of hydrogen-bond donors (Lipinski definition) is 9. The number of carbonyl (C=O) groups excluding carboxylic acids is 6. The molecule has 0 fully saturated rings. The van der Waals surface area contributed by atoms with E-state index in [4.69, 9.17) is 24.1 Å². The van der Waals surface area contributed by atoms with Gasteiger partial charge in [-0.25, -0.2) is 9.59 Å². The van der Waals surface area contributed by atoms with Gasteiger partial charge in [-0.3, -0.25) is 33.6 Å². The number of carboxylic acid groups (broad SMARTS) is 3. The number of amides is 6. The van der Waals surface area contributed by atoms with E-state index in [1.807, 2.05) is 6.92 Å². The predicted octanol–water partition coefficient (Wildman–Crippen LogP) is 3.12. The SMILES string of the molecule is CCCCNC(=O)CC[C@H](NC(=O)CC[C@H](NC(=O)COCCOCCNC(=O)COCCOCCNC(=O)CCCNC(=O)CCCCCCCCCCCCCCCCC(=O)O)C(=O)O)C(=O)O. The van der Waals surface area contributed by atoms with Gasteiger partial charge >= 0.3 is 17.9 Å². The molecule has 70 heavy (non-hydrogen) atoms. The Morgan fingerprint density at radius 3 is 1.19 bits per heavy atom. The smallest absolute Gasteiger partial charge is 0.326 e. The molecule has 0 aromatic carbocycles. The van der Waals surface area contributed by atoms with Crippen LogP contribution >= 0.6 is 0 Å². The quantitative estimate of drug-likeness (QED) is 0.0396. The number of hydrogen-bond acceptors (Lipinski definition) is 13. The summed E-state index contributed by atoms with van der Waals surface area (Å²) in [6.45, 7) is 3.59. The standard InChI is InChI=1S/C48H86N6O16/c1-2-3-26-49-42(57)24-22-38(47(63)64)53-43(58)25-23-39(48(65)66)54-45(60)37-70-35-33-68-31-29-52-44(59)36-69-34-32-67-30-28-51-41(56)20-18-27-50-40(55)19-16-14-12-10-8-6-4-5-7-9-11-13-15-17-21-46(61)62/h38-39H,2-37H2,1H3,(H,49,57)(H,50,55)(H,51,56)(H,52,59)(H,53,58)(H,54,60)(H,61,62)(H,63,64)(H,65,66)/t38-,39-/m0/s1. The van der Waals surface area contributed by atoms with Crippen LogP contribution in [0.2, 0.25) is 0 Å². The molecule has 0 heterocycles. The molecule has 0 rings (SSSR count). The number of nitrogens with one attached hydrogen (secondary N) is 6. The maximum Gasteiger partial charge on any atom is 0.326 e. The van der Waals surface area contributed by atoms with Crippen LogP contribution in [0.1, 0.15) is 161 Å². The molecule has 0 saturated heterocycles. The normalized spacial score (nSPS) is 11.8. The van der Waals surface area contributed by atoms with E-state index < -0.39 is 54.8 Å². The molecule has 0 aliphatic carbocycles. The highest BCUT2D eigenvalue weighted by Gasteiger charge is 2.24. The molecule has 0 aromatic rings. The molecule has 6 amide bonds. The van der Waals surface area contributed by atoms with E-state index in [1.54, 1.807) is 0 Å². The fraction of sp³-hybridized carbons (Fsp3) is 0.812. The summed E-state index contributed by atoms with van der Waals surface area (Å²) in [5.41, 5.74) is 0. The summed E-state index contributed by atoms with van der Waals surface area (Å²) in [6, 6.07) is -2.77. The zero-order chi connectivity index (χ0) is 51.9. The van der Waals surface area contributed by atoms with Gasteiger partial charge in [-0.2, -0.15) is 0 Å². The van der Waals surface area contributed by atoms with Gasteiger partial charge < -0.3 is 66.2 Å². The number of ether oxygens (including phenoxy) is 4. The summed E-state index contributed by atoms with van der Waals surface area (Å²) in [4.78, 5) is 106. The van der Waals surface area contributed by atoms with Crippen LogP contribution in [-0.4, -0.2) is 160 Å². The van der Waals surface area contributed by atoms with E-state index in [0.717, 1.165) is 51.4 Å². The van der Waals surface area contributed by atoms with Gasteiger partial charge in [0.1, 0.15) is 25.3 Å². The highest BCUT2D eigenvalue weighted by Crippen LogP contribution is 2.14. The average molecular weight is 1000 g/mol. The monoisotopic (exact) mass is 1000 g/mol. The fourth-order valence-electron chi connectivity index (χ4n) is 6.74. The molecule has 404 valence electrons. The maximum atomic E-state index is 12.3. The first-order valence-corrected chi connectivity index (χ1v) is 25.4. The second-order valence-corrected chi connectivity index (χ2v) is 17.0. The molecule has 22 nitrogen and oxygen atoms in total. The minimum Gasteiger partial charge on any atom is -0.481 e. The van der Waals surface area contributed by atoms with Crippen LogP contribution in [0.25, 0.3) is 0 Å². The van der Waals surface area contributed by atoms with E-state index in [0.29, 0.717) is 38.9 Å². The molecule has 0 aromatic heterocycles. The lowest BCUT2D eigenvalue weighted by atomic mass is 10.0. The van der Waals surface area contributed by atoms with Crippen LogP contribution in [0.15, 0.2) is 0 Å². The van der Waals surface area contributed by atoms with Crippen LogP contribution in [0.5, 0.6) is 0 Å². The van der Waals surface area contributed by atoms with Crippen molar-refractivity contribution in [1.29, 1.82) is 0 Å². The van der Waals surface area contributed by atoms with Gasteiger partial charge in [0.15, 0.2) is 0 Å². The zero-order valence-corrected chi connectivity index (χ0v) is 41.8. The minimum atomic E-state index is -1.43. The first kappa shape index (κ1) is 65.1. The van der Waals surface area contributed by atoms with E-state index in [2.05, 4.69) is 31.9 Å². The summed E-state index contributed by atoms with van der Waals surface area (Å²) in [7, 11) is 0. The third kappa shape index (κ3) is 44.3. The Labute approximate surface area is 413 Å². The molecular weight excluding hydrogens is 917 g/mol. The predicted molar refractivity (Wildman–Crippen MR) is 259 cm³/mol. The van der Waals surface area contributed by atoms with Crippen molar-refractivity contribution in [1.82, 2.24) is 31.9 Å². The second-order valence-electron chi connectivity index (χ2n) is 17.0. The van der Waals surface area contributed by atoms with Crippen molar-refractivity contribution in [2.24, 2.45) is 0 Å². The van der Waals surface area contributed by atoms with E-state index in [-0.39, 0.29) is 102 Å². The minimum absolute atomic E-state index is 0.00555. The Bertz CT molecular complexity index is 1470. The van der Waals surface area contributed by atoms with Crippen molar-refractivity contribution in [2.45, 2.75) is 173 Å². The lowest BCUT2D eigenvalue weighted by molar-refractivity contribution is -0.144. The van der Waals surface area contributed by atoms with Crippen molar-refractivity contribution >= 4 is 53.4 Å². The Morgan fingerprint density at radius 2 is 0.714 bits per heavy atom. The molecule has 0 unspecified atom stereocenters. The zero-order valence-electron chi connectivity index (χ0n) is 41.8. The molecule has 2 atom stereocenters. The Morgan fingerprint density at radius 1 is 0.357 bits per heavy atom. The largest absolute Gasteiger partial charge is 0.481 e. The number of rotatable bonds is 50. The maximum absolute atomic E-state index is 12.3. The fourth-order valence-corrected chi connectivity index (χ4v) is 6.74. The first-order valence-electron chi connectivity index (χ1n) is 25.4. The molecule has 0 bridgehead atoms. The van der Waals surface area contributed by atoms with E-state index >= 15 is 0 Å². The van der Waals surface area contributed by atoms with Gasteiger partial charge in [0, 0.05) is 58.3 Å². The summed E-state index contributed by atoms with van der Waals surface area (Å²) in [5.74, 6) is -5.76. The molecule has 9 N–H and O–H groups in total. The molecule has 0 radical (unpaired) electrons. The molecule has 0 aliphatic heterocycles. The average Bonchev–Trinajstić information content (AvgIpc) is 3.31. The van der Waals surface area contributed by atoms with Crippen molar-refractivity contribution in [3.63, 3.8) is 0 Å². The van der Waals surface area contributed by atoms with Crippen molar-refractivity contribution in [3.8, 4) is 0 Å². The van der Waals surface area contributed by atoms with Crippen LogP contribution < -0.4 is 31.9 Å². The van der Waals surface area contributed by atoms with Crippen molar-refractivity contribution < 1.29 is 77.4 Å². The van der Waals surface area contributed by atoms with Crippen LogP contribution in [0.3, 0.4) is 0 Å². The van der Waals surface area contributed by atoms with Gasteiger partial charge in [-0.15, -0.1) is 0 Å². The molecule has 0 saturated carbocycles. The Hall–Kier alpha value is -4.93. The van der Waals surface area contributed by atoms with Gasteiger partial charge in [0.25, 0.3) is 0 Å². The molecule has 0 aliphatic rings. The Kier molecular flexibility index (Phi) is 43.2. The third-order valence-corrected chi connectivity index (χ3v) is 10.7. The van der Waals surface area contributed by atoms with Gasteiger partial charge in [-0.05, 0) is 38.5 Å². The topological polar surface area (TPSA) is 323 Å². The van der Waals surface area contributed by atoms with Crippen LogP contribution in [0.4, 0.5) is 0 Å². The summed E-state index contributed by atoms with van der Waals surface area (Å²) >= 11 is 0. The lowest BCUT2D eigenvalue weighted by Gasteiger charge is -2.17. The van der Waals surface area contributed by atoms with Gasteiger partial charge in [0.05, 0.1) is 39.6 Å². The van der Waals surface area contributed by atoms with Gasteiger partial charge in [-0.1, -0.05) is 90.4 Å². The van der Waals surface area contributed by atoms with Gasteiger partial charge in [0.2, 0.25) is 35.4 Å². The first-order chi connectivity index (χ1) is 33.7. The number of aliphatic carboxylic acids is 3. The molecule has 22 heteroatoms. The van der Waals surface area contributed by atoms with E-state index in [1.165, 1.54) is 51.4 Å². The summed E-state index contributed by atoms with van der Waals surface area (Å²) < 4.78 is 21.2. The lowest BCUT2D eigenvalue weighted by Crippen LogP contribution is -2.45. The summed E-state index contributed by atoms with van der Waals surface area (Å²) in [6.07, 6.45) is 18.2. The number of carbonyl (C=O) groups is 9. The van der Waals surface area contributed by atoms with E-state index in [9.17, 15) is 53.4 Å². The molecular formula is C48H86N6O16. The Balaban J connectivity index is 3.71.